The van der Waals surface area contributed by atoms with E-state index in [0.29, 0.717) is 5.75 Å². The van der Waals surface area contributed by atoms with Crippen molar-refractivity contribution in [3.63, 3.8) is 0 Å². The molecule has 1 rings (SSSR count). The fourth-order valence-corrected chi connectivity index (χ4v) is 2.26. The molecule has 0 aliphatic heterocycles. The Balaban J connectivity index is 2.92. The largest absolute Gasteiger partial charge is 0.493 e. The van der Waals surface area contributed by atoms with E-state index in [0.717, 1.165) is 19.3 Å². The molecule has 0 bridgehead atoms. The summed E-state index contributed by atoms with van der Waals surface area (Å²) in [7, 11) is 2.93. The number of hydrogen-bond donors (Lipinski definition) is 0. The SMILES string of the molecule is CCCCCC[C@@H](C)Oc1c([N+](=O)[O-])ccc(OC)c1OC. The number of nitro groups is 1. The van der Waals surface area contributed by atoms with Crippen molar-refractivity contribution in [2.75, 3.05) is 14.2 Å². The first kappa shape index (κ1) is 18.1. The Morgan fingerprint density at radius 3 is 2.41 bits per heavy atom. The maximum Gasteiger partial charge on any atom is 0.315 e. The molecule has 6 nitrogen and oxygen atoms in total. The molecule has 0 heterocycles. The van der Waals surface area contributed by atoms with E-state index in [9.17, 15) is 10.1 Å². The van der Waals surface area contributed by atoms with Gasteiger partial charge in [0.1, 0.15) is 0 Å². The Kier molecular flexibility index (Phi) is 7.49. The number of ether oxygens (including phenoxy) is 3. The van der Waals surface area contributed by atoms with Crippen LogP contribution in [0, 0.1) is 10.1 Å². The van der Waals surface area contributed by atoms with Crippen LogP contribution in [-0.2, 0) is 0 Å². The lowest BCUT2D eigenvalue weighted by Gasteiger charge is -2.18. The van der Waals surface area contributed by atoms with E-state index in [2.05, 4.69) is 6.92 Å². The van der Waals surface area contributed by atoms with Gasteiger partial charge in [-0.15, -0.1) is 0 Å². The molecule has 0 spiro atoms. The first-order chi connectivity index (χ1) is 10.5. The first-order valence-electron chi connectivity index (χ1n) is 7.61. The average Bonchev–Trinajstić information content (AvgIpc) is 2.50. The van der Waals surface area contributed by atoms with Gasteiger partial charge in [0.05, 0.1) is 25.2 Å². The van der Waals surface area contributed by atoms with Crippen molar-refractivity contribution in [3.05, 3.63) is 22.2 Å². The van der Waals surface area contributed by atoms with E-state index in [1.807, 2.05) is 6.92 Å². The van der Waals surface area contributed by atoms with Gasteiger partial charge in [-0.1, -0.05) is 26.2 Å². The van der Waals surface area contributed by atoms with Crippen LogP contribution in [0.25, 0.3) is 0 Å². The molecule has 0 N–H and O–H groups in total. The second-order valence-electron chi connectivity index (χ2n) is 5.18. The fourth-order valence-electron chi connectivity index (χ4n) is 2.26. The van der Waals surface area contributed by atoms with Crippen molar-refractivity contribution in [2.45, 2.75) is 52.1 Å². The molecule has 22 heavy (non-hydrogen) atoms. The van der Waals surface area contributed by atoms with Gasteiger partial charge < -0.3 is 14.2 Å². The highest BCUT2D eigenvalue weighted by Gasteiger charge is 2.25. The van der Waals surface area contributed by atoms with Crippen molar-refractivity contribution in [1.29, 1.82) is 0 Å². The Bertz CT molecular complexity index is 490. The molecule has 0 unspecified atom stereocenters. The van der Waals surface area contributed by atoms with Crippen LogP contribution in [0.3, 0.4) is 0 Å². The van der Waals surface area contributed by atoms with E-state index in [1.165, 1.54) is 39.2 Å². The third-order valence-corrected chi connectivity index (χ3v) is 3.46. The third-order valence-electron chi connectivity index (χ3n) is 3.46. The van der Waals surface area contributed by atoms with Crippen LogP contribution in [0.4, 0.5) is 5.69 Å². The summed E-state index contributed by atoms with van der Waals surface area (Å²) < 4.78 is 16.2. The smallest absolute Gasteiger partial charge is 0.315 e. The molecule has 0 saturated heterocycles. The number of hydrogen-bond acceptors (Lipinski definition) is 5. The molecule has 0 saturated carbocycles. The van der Waals surface area contributed by atoms with Crippen LogP contribution in [0.15, 0.2) is 12.1 Å². The molecule has 0 fully saturated rings. The van der Waals surface area contributed by atoms with E-state index >= 15 is 0 Å². The van der Waals surface area contributed by atoms with E-state index in [4.69, 9.17) is 14.2 Å². The quantitative estimate of drug-likeness (QED) is 0.365. The Hall–Kier alpha value is -1.98. The van der Waals surface area contributed by atoms with Crippen LogP contribution < -0.4 is 14.2 Å². The van der Waals surface area contributed by atoms with Gasteiger partial charge in [-0.05, 0) is 25.8 Å². The minimum atomic E-state index is -0.471. The minimum absolute atomic E-state index is 0.113. The molecule has 1 aromatic rings. The first-order valence-corrected chi connectivity index (χ1v) is 7.61. The van der Waals surface area contributed by atoms with Crippen molar-refractivity contribution in [2.24, 2.45) is 0 Å². The zero-order valence-electron chi connectivity index (χ0n) is 13.8. The van der Waals surface area contributed by atoms with Crippen LogP contribution in [0.5, 0.6) is 17.2 Å². The van der Waals surface area contributed by atoms with Gasteiger partial charge in [-0.2, -0.15) is 0 Å². The van der Waals surface area contributed by atoms with Crippen molar-refractivity contribution < 1.29 is 19.1 Å². The number of nitro benzene ring substituents is 1. The summed E-state index contributed by atoms with van der Waals surface area (Å²) >= 11 is 0. The standard InChI is InChI=1S/C16H25NO5/c1-5-6-7-8-9-12(2)22-15-13(17(18)19)10-11-14(20-3)16(15)21-4/h10-12H,5-9H2,1-4H3/t12-/m1/s1. The molecule has 1 aromatic carbocycles. The van der Waals surface area contributed by atoms with E-state index in [-0.39, 0.29) is 23.3 Å². The Morgan fingerprint density at radius 2 is 1.86 bits per heavy atom. The Labute approximate surface area is 131 Å². The monoisotopic (exact) mass is 311 g/mol. The highest BCUT2D eigenvalue weighted by atomic mass is 16.6. The number of rotatable bonds is 10. The molecule has 0 radical (unpaired) electrons. The average molecular weight is 311 g/mol. The predicted octanol–water partition coefficient (Wildman–Crippen LogP) is 4.35. The molecule has 0 aromatic heterocycles. The lowest BCUT2D eigenvalue weighted by molar-refractivity contribution is -0.386. The van der Waals surface area contributed by atoms with Crippen molar-refractivity contribution in [3.8, 4) is 17.2 Å². The maximum absolute atomic E-state index is 11.2. The molecule has 6 heteroatoms. The van der Waals surface area contributed by atoms with Gasteiger partial charge in [-0.25, -0.2) is 0 Å². The van der Waals surface area contributed by atoms with Gasteiger partial charge in [0.15, 0.2) is 5.75 Å². The molecule has 0 aliphatic carbocycles. The highest BCUT2D eigenvalue weighted by molar-refractivity contribution is 5.62. The van der Waals surface area contributed by atoms with E-state index < -0.39 is 4.92 Å². The topological polar surface area (TPSA) is 70.8 Å². The molecular weight excluding hydrogens is 286 g/mol. The van der Waals surface area contributed by atoms with Crippen LogP contribution >= 0.6 is 0 Å². The number of benzene rings is 1. The molecule has 1 atom stereocenters. The summed E-state index contributed by atoms with van der Waals surface area (Å²) in [6.07, 6.45) is 5.25. The van der Waals surface area contributed by atoms with Crippen molar-refractivity contribution >= 4 is 5.69 Å². The third kappa shape index (κ3) is 4.79. The van der Waals surface area contributed by atoms with Crippen LogP contribution in [0.1, 0.15) is 46.0 Å². The van der Waals surface area contributed by atoms with Gasteiger partial charge in [-0.3, -0.25) is 10.1 Å². The summed E-state index contributed by atoms with van der Waals surface area (Å²) in [5.74, 6) is 0.813. The number of nitrogens with zero attached hydrogens (tertiary/aromatic N) is 1. The zero-order chi connectivity index (χ0) is 16.5. The maximum atomic E-state index is 11.2. The molecule has 0 amide bonds. The Morgan fingerprint density at radius 1 is 1.14 bits per heavy atom. The van der Waals surface area contributed by atoms with Crippen LogP contribution in [-0.4, -0.2) is 25.2 Å². The lowest BCUT2D eigenvalue weighted by Crippen LogP contribution is -2.13. The summed E-state index contributed by atoms with van der Waals surface area (Å²) in [6, 6.07) is 2.89. The minimum Gasteiger partial charge on any atom is -0.493 e. The normalized spacial score (nSPS) is 11.8. The summed E-state index contributed by atoms with van der Waals surface area (Å²) in [6.45, 7) is 4.07. The zero-order valence-corrected chi connectivity index (χ0v) is 13.8. The van der Waals surface area contributed by atoms with Crippen molar-refractivity contribution in [1.82, 2.24) is 0 Å². The predicted molar refractivity (Wildman–Crippen MR) is 85.0 cm³/mol. The van der Waals surface area contributed by atoms with Gasteiger partial charge >= 0.3 is 5.69 Å². The van der Waals surface area contributed by atoms with Gasteiger partial charge in [0.2, 0.25) is 11.5 Å². The summed E-state index contributed by atoms with van der Waals surface area (Å²) in [5.41, 5.74) is -0.113. The summed E-state index contributed by atoms with van der Waals surface area (Å²) in [4.78, 5) is 10.7. The molecular formula is C16H25NO5. The van der Waals surface area contributed by atoms with Gasteiger partial charge in [0, 0.05) is 6.07 Å². The van der Waals surface area contributed by atoms with Crippen LogP contribution in [0.2, 0.25) is 0 Å². The number of unbranched alkanes of at least 4 members (excludes halogenated alkanes) is 3. The second kappa shape index (κ2) is 9.12. The summed E-state index contributed by atoms with van der Waals surface area (Å²) in [5, 5.41) is 11.2. The lowest BCUT2D eigenvalue weighted by atomic mass is 10.1. The molecule has 0 aliphatic rings. The fraction of sp³-hybridized carbons (Fsp3) is 0.625. The van der Waals surface area contributed by atoms with E-state index in [1.54, 1.807) is 0 Å². The highest BCUT2D eigenvalue weighted by Crippen LogP contribution is 2.44. The number of methoxy groups -OCH3 is 2. The second-order valence-corrected chi connectivity index (χ2v) is 5.18. The molecule has 124 valence electrons. The van der Waals surface area contributed by atoms with Gasteiger partial charge in [0.25, 0.3) is 0 Å².